The van der Waals surface area contributed by atoms with Crippen molar-refractivity contribution < 1.29 is 22.0 Å². The lowest BCUT2D eigenvalue weighted by Crippen LogP contribution is -2.61. The molecule has 13 heteroatoms. The lowest BCUT2D eigenvalue weighted by atomic mass is 9.72. The predicted octanol–water partition coefficient (Wildman–Crippen LogP) is 3.32. The van der Waals surface area contributed by atoms with Crippen molar-refractivity contribution in [3.63, 3.8) is 0 Å². The number of rotatable bonds is 4. The highest BCUT2D eigenvalue weighted by Gasteiger charge is 2.46. The Balaban J connectivity index is 1.25. The molecule has 0 radical (unpaired) electrons. The fraction of sp³-hybridized carbons (Fsp3) is 0.550. The number of aromatic nitrogens is 6. The normalized spacial score (nSPS) is 18.4. The maximum atomic E-state index is 13.1. The van der Waals surface area contributed by atoms with Gasteiger partial charge in [-0.25, -0.2) is 33.4 Å². The Hall–Kier alpha value is -3.12. The van der Waals surface area contributed by atoms with Crippen LogP contribution in [0.15, 0.2) is 18.5 Å². The number of alkyl halides is 5. The predicted molar refractivity (Wildman–Crippen MR) is 109 cm³/mol. The fourth-order valence-corrected chi connectivity index (χ4v) is 4.57. The number of anilines is 2. The largest absolute Gasteiger partial charge is 0.433 e. The molecule has 0 aromatic carbocycles. The topological polar surface area (TPSA) is 75.9 Å². The third kappa shape index (κ3) is 4.15. The molecule has 0 N–H and O–H groups in total. The maximum absolute atomic E-state index is 13.1. The number of hydrogen-bond donors (Lipinski definition) is 0. The summed E-state index contributed by atoms with van der Waals surface area (Å²) in [6.45, 7) is 3.54. The molecule has 0 saturated carbocycles. The molecular formula is C20H21F5N8. The summed E-state index contributed by atoms with van der Waals surface area (Å²) in [5.74, 6) is 0.993. The van der Waals surface area contributed by atoms with Crippen molar-refractivity contribution in [3.8, 4) is 0 Å². The molecule has 0 amide bonds. The van der Waals surface area contributed by atoms with Crippen LogP contribution in [0.5, 0.6) is 0 Å². The van der Waals surface area contributed by atoms with Gasteiger partial charge in [-0.2, -0.15) is 18.3 Å². The Morgan fingerprint density at radius 3 is 2.39 bits per heavy atom. The van der Waals surface area contributed by atoms with Crippen molar-refractivity contribution >= 4 is 22.8 Å². The van der Waals surface area contributed by atoms with E-state index in [-0.39, 0.29) is 11.2 Å². The Bertz CT molecular complexity index is 1160. The SMILES string of the molecule is Cc1nc(N2CCC3(CC2)CN(c2cnc4cnn(CC(F)F)c4n2)C3)cc(C(F)(F)F)n1. The Labute approximate surface area is 185 Å². The molecule has 5 rings (SSSR count). The summed E-state index contributed by atoms with van der Waals surface area (Å²) in [4.78, 5) is 20.4. The van der Waals surface area contributed by atoms with Crippen LogP contribution in [0, 0.1) is 12.3 Å². The minimum atomic E-state index is -4.51. The zero-order valence-electron chi connectivity index (χ0n) is 17.7. The first-order valence-electron chi connectivity index (χ1n) is 10.5. The van der Waals surface area contributed by atoms with Gasteiger partial charge in [0, 0.05) is 37.7 Å². The van der Waals surface area contributed by atoms with Crippen molar-refractivity contribution in [3.05, 3.63) is 30.0 Å². The van der Waals surface area contributed by atoms with Gasteiger partial charge in [0.05, 0.1) is 12.4 Å². The summed E-state index contributed by atoms with van der Waals surface area (Å²) >= 11 is 0. The lowest BCUT2D eigenvalue weighted by molar-refractivity contribution is -0.141. The molecule has 0 bridgehead atoms. The van der Waals surface area contributed by atoms with Crippen molar-refractivity contribution in [2.75, 3.05) is 36.0 Å². The summed E-state index contributed by atoms with van der Waals surface area (Å²) in [6.07, 6.45) is -2.43. The first-order chi connectivity index (χ1) is 15.6. The fourth-order valence-electron chi connectivity index (χ4n) is 4.57. The van der Waals surface area contributed by atoms with E-state index in [2.05, 4.69) is 25.0 Å². The summed E-state index contributed by atoms with van der Waals surface area (Å²) in [5, 5.41) is 3.93. The maximum Gasteiger partial charge on any atom is 0.433 e. The van der Waals surface area contributed by atoms with Crippen LogP contribution in [0.1, 0.15) is 24.4 Å². The van der Waals surface area contributed by atoms with E-state index in [1.165, 1.54) is 13.1 Å². The van der Waals surface area contributed by atoms with Gasteiger partial charge in [-0.3, -0.25) is 0 Å². The zero-order chi connectivity index (χ0) is 23.4. The number of halogens is 5. The van der Waals surface area contributed by atoms with Gasteiger partial charge in [0.1, 0.15) is 35.2 Å². The molecule has 3 aromatic heterocycles. The van der Waals surface area contributed by atoms with E-state index in [0.29, 0.717) is 35.9 Å². The van der Waals surface area contributed by atoms with Gasteiger partial charge >= 0.3 is 6.18 Å². The van der Waals surface area contributed by atoms with Gasteiger partial charge in [-0.05, 0) is 19.8 Å². The molecule has 2 aliphatic heterocycles. The van der Waals surface area contributed by atoms with Gasteiger partial charge in [0.25, 0.3) is 6.43 Å². The van der Waals surface area contributed by atoms with Crippen LogP contribution in [0.2, 0.25) is 0 Å². The zero-order valence-corrected chi connectivity index (χ0v) is 17.7. The van der Waals surface area contributed by atoms with Gasteiger partial charge in [0.15, 0.2) is 5.65 Å². The molecule has 33 heavy (non-hydrogen) atoms. The highest BCUT2D eigenvalue weighted by atomic mass is 19.4. The quantitative estimate of drug-likeness (QED) is 0.544. The summed E-state index contributed by atoms with van der Waals surface area (Å²) in [5.41, 5.74) is -0.115. The number of piperidine rings is 1. The molecular weight excluding hydrogens is 447 g/mol. The monoisotopic (exact) mass is 468 g/mol. The number of hydrogen-bond acceptors (Lipinski definition) is 7. The molecule has 5 heterocycles. The summed E-state index contributed by atoms with van der Waals surface area (Å²) in [7, 11) is 0. The van der Waals surface area contributed by atoms with Gasteiger partial charge < -0.3 is 9.80 Å². The van der Waals surface area contributed by atoms with Gasteiger partial charge in [-0.15, -0.1) is 0 Å². The molecule has 0 unspecified atom stereocenters. The van der Waals surface area contributed by atoms with E-state index in [1.807, 2.05) is 9.80 Å². The Morgan fingerprint density at radius 2 is 1.73 bits per heavy atom. The van der Waals surface area contributed by atoms with Crippen molar-refractivity contribution in [2.24, 2.45) is 5.41 Å². The number of fused-ring (bicyclic) bond motifs is 1. The third-order valence-electron chi connectivity index (χ3n) is 6.28. The van der Waals surface area contributed by atoms with Crippen LogP contribution in [0.3, 0.4) is 0 Å². The minimum Gasteiger partial charge on any atom is -0.356 e. The second-order valence-corrected chi connectivity index (χ2v) is 8.65. The van der Waals surface area contributed by atoms with Crippen LogP contribution in [-0.4, -0.2) is 62.3 Å². The first kappa shape index (κ1) is 21.7. The van der Waals surface area contributed by atoms with Crippen LogP contribution in [-0.2, 0) is 12.7 Å². The van der Waals surface area contributed by atoms with Crippen LogP contribution in [0.25, 0.3) is 11.2 Å². The highest BCUT2D eigenvalue weighted by molar-refractivity contribution is 5.71. The molecule has 3 aromatic rings. The minimum absolute atomic E-state index is 0.0330. The van der Waals surface area contributed by atoms with E-state index in [9.17, 15) is 22.0 Å². The van der Waals surface area contributed by atoms with E-state index < -0.39 is 24.8 Å². The van der Waals surface area contributed by atoms with Gasteiger partial charge in [0.2, 0.25) is 0 Å². The molecule has 2 aliphatic rings. The average Bonchev–Trinajstić information content (AvgIpc) is 3.12. The molecule has 0 aliphatic carbocycles. The second-order valence-electron chi connectivity index (χ2n) is 8.65. The average molecular weight is 468 g/mol. The second kappa shape index (κ2) is 7.73. The van der Waals surface area contributed by atoms with E-state index >= 15 is 0 Å². The van der Waals surface area contributed by atoms with E-state index in [0.717, 1.165) is 36.7 Å². The van der Waals surface area contributed by atoms with Gasteiger partial charge in [-0.1, -0.05) is 0 Å². The smallest absolute Gasteiger partial charge is 0.356 e. The number of nitrogens with zero attached hydrogens (tertiary/aromatic N) is 8. The lowest BCUT2D eigenvalue weighted by Gasteiger charge is -2.54. The van der Waals surface area contributed by atoms with Crippen molar-refractivity contribution in [2.45, 2.75) is 38.9 Å². The molecule has 2 fully saturated rings. The molecule has 8 nitrogen and oxygen atoms in total. The van der Waals surface area contributed by atoms with E-state index in [4.69, 9.17) is 0 Å². The summed E-state index contributed by atoms with van der Waals surface area (Å²) < 4.78 is 66.0. The van der Waals surface area contributed by atoms with Crippen molar-refractivity contribution in [1.29, 1.82) is 0 Å². The van der Waals surface area contributed by atoms with Crippen LogP contribution in [0.4, 0.5) is 33.6 Å². The standard InChI is InChI=1S/C20H21F5N8/c1-12-28-14(20(23,24)25)6-16(29-12)31-4-2-19(3-5-31)10-32(11-19)17-8-26-13-7-27-33(9-15(21)22)18(13)30-17/h6-8,15H,2-5,9-11H2,1H3. The molecule has 176 valence electrons. The Kier molecular flexibility index (Phi) is 5.09. The molecule has 0 atom stereocenters. The van der Waals surface area contributed by atoms with E-state index in [1.54, 1.807) is 6.20 Å². The van der Waals surface area contributed by atoms with Crippen molar-refractivity contribution in [1.82, 2.24) is 29.7 Å². The highest BCUT2D eigenvalue weighted by Crippen LogP contribution is 2.43. The Morgan fingerprint density at radius 1 is 1.00 bits per heavy atom. The third-order valence-corrected chi connectivity index (χ3v) is 6.28. The van der Waals surface area contributed by atoms with Crippen LogP contribution >= 0.6 is 0 Å². The molecule has 1 spiro atoms. The van der Waals surface area contributed by atoms with Crippen LogP contribution < -0.4 is 9.80 Å². The first-order valence-corrected chi connectivity index (χ1v) is 10.5. The number of aryl methyl sites for hydroxylation is 1. The summed E-state index contributed by atoms with van der Waals surface area (Å²) in [6, 6.07) is 1.01. The molecule has 2 saturated heterocycles.